The lowest BCUT2D eigenvalue weighted by Gasteiger charge is -2.38. The van der Waals surface area contributed by atoms with Crippen LogP contribution in [0.15, 0.2) is 0 Å². The summed E-state index contributed by atoms with van der Waals surface area (Å²) < 4.78 is 0. The third-order valence-corrected chi connectivity index (χ3v) is 3.87. The zero-order chi connectivity index (χ0) is 12.9. The van der Waals surface area contributed by atoms with Gasteiger partial charge in [0.2, 0.25) is 5.91 Å². The summed E-state index contributed by atoms with van der Waals surface area (Å²) in [4.78, 5) is 13.9. The Morgan fingerprint density at radius 3 is 2.29 bits per heavy atom. The zero-order valence-electron chi connectivity index (χ0n) is 11.5. The average Bonchev–Trinajstić information content (AvgIpc) is 2.28. The summed E-state index contributed by atoms with van der Waals surface area (Å²) >= 11 is 0. The van der Waals surface area contributed by atoms with Crippen molar-refractivity contribution >= 4 is 5.91 Å². The van der Waals surface area contributed by atoms with Crippen molar-refractivity contribution in [3.8, 4) is 0 Å². The van der Waals surface area contributed by atoms with E-state index in [0.717, 1.165) is 44.7 Å². The van der Waals surface area contributed by atoms with Crippen LogP contribution >= 0.6 is 0 Å². The van der Waals surface area contributed by atoms with Crippen LogP contribution in [0.5, 0.6) is 0 Å². The first kappa shape index (κ1) is 14.5. The lowest BCUT2D eigenvalue weighted by molar-refractivity contribution is -0.133. The number of amides is 1. The summed E-state index contributed by atoms with van der Waals surface area (Å²) in [6.45, 7) is 8.89. The largest absolute Gasteiger partial charge is 0.396 e. The Kier molecular flexibility index (Phi) is 5.44. The number of rotatable bonds is 4. The van der Waals surface area contributed by atoms with E-state index in [4.69, 9.17) is 5.11 Å². The van der Waals surface area contributed by atoms with Crippen LogP contribution in [-0.2, 0) is 4.79 Å². The van der Waals surface area contributed by atoms with E-state index in [2.05, 4.69) is 20.8 Å². The number of unbranched alkanes of at least 4 members (excludes halogenated alkanes) is 1. The summed E-state index contributed by atoms with van der Waals surface area (Å²) in [6, 6.07) is 0. The van der Waals surface area contributed by atoms with Gasteiger partial charge in [-0.1, -0.05) is 20.8 Å². The maximum absolute atomic E-state index is 11.9. The first-order chi connectivity index (χ1) is 7.95. The molecule has 1 N–H and O–H groups in total. The van der Waals surface area contributed by atoms with Gasteiger partial charge in [-0.3, -0.25) is 4.79 Å². The lowest BCUT2D eigenvalue weighted by atomic mass is 9.75. The van der Waals surface area contributed by atoms with Gasteiger partial charge in [-0.15, -0.1) is 0 Å². The van der Waals surface area contributed by atoms with E-state index in [0.29, 0.717) is 11.8 Å². The summed E-state index contributed by atoms with van der Waals surface area (Å²) in [5, 5.41) is 8.69. The predicted octanol–water partition coefficient (Wildman–Crippen LogP) is 2.43. The maximum Gasteiger partial charge on any atom is 0.222 e. The van der Waals surface area contributed by atoms with E-state index in [1.807, 2.05) is 4.90 Å². The van der Waals surface area contributed by atoms with Crippen molar-refractivity contribution in [3.63, 3.8) is 0 Å². The highest BCUT2D eigenvalue weighted by molar-refractivity contribution is 5.76. The summed E-state index contributed by atoms with van der Waals surface area (Å²) in [5.74, 6) is 1.01. The highest BCUT2D eigenvalue weighted by atomic mass is 16.3. The molecule has 0 aromatic carbocycles. The Balaban J connectivity index is 2.29. The van der Waals surface area contributed by atoms with Crippen LogP contribution in [0.4, 0.5) is 0 Å². The Hall–Kier alpha value is -0.570. The summed E-state index contributed by atoms with van der Waals surface area (Å²) in [7, 11) is 0. The van der Waals surface area contributed by atoms with Gasteiger partial charge in [0.05, 0.1) is 0 Å². The molecule has 0 spiro atoms. The first-order valence-corrected chi connectivity index (χ1v) is 6.84. The second-order valence-electron chi connectivity index (χ2n) is 6.20. The minimum atomic E-state index is 0.194. The second-order valence-corrected chi connectivity index (χ2v) is 6.20. The molecule has 0 unspecified atom stereocenters. The van der Waals surface area contributed by atoms with Gasteiger partial charge >= 0.3 is 0 Å². The number of piperidine rings is 1. The number of likely N-dealkylation sites (tertiary alicyclic amines) is 1. The van der Waals surface area contributed by atoms with Crippen LogP contribution in [0.25, 0.3) is 0 Å². The van der Waals surface area contributed by atoms with E-state index in [1.54, 1.807) is 0 Å². The zero-order valence-corrected chi connectivity index (χ0v) is 11.5. The molecule has 1 aliphatic rings. The average molecular weight is 241 g/mol. The SMILES string of the molecule is CC(C)(C)C1CCN(C(=O)CCCCO)CC1. The van der Waals surface area contributed by atoms with Gasteiger partial charge in [0.15, 0.2) is 0 Å². The molecule has 1 saturated heterocycles. The molecule has 1 rings (SSSR count). The van der Waals surface area contributed by atoms with Crippen LogP contribution in [0.3, 0.4) is 0 Å². The van der Waals surface area contributed by atoms with Crippen molar-refractivity contribution in [1.29, 1.82) is 0 Å². The summed E-state index contributed by atoms with van der Waals surface area (Å²) in [6.07, 6.45) is 4.42. The molecule has 0 bridgehead atoms. The third-order valence-electron chi connectivity index (χ3n) is 3.87. The summed E-state index contributed by atoms with van der Waals surface area (Å²) in [5.41, 5.74) is 0.367. The fourth-order valence-corrected chi connectivity index (χ4v) is 2.54. The smallest absolute Gasteiger partial charge is 0.222 e. The van der Waals surface area contributed by atoms with E-state index in [1.165, 1.54) is 0 Å². The number of aliphatic hydroxyl groups is 1. The standard InChI is InChI=1S/C14H27NO2/c1-14(2,3)12-7-9-15(10-8-12)13(17)6-4-5-11-16/h12,16H,4-11H2,1-3H3. The normalized spacial score (nSPS) is 18.5. The van der Waals surface area contributed by atoms with Crippen LogP contribution in [0, 0.1) is 11.3 Å². The Morgan fingerprint density at radius 2 is 1.82 bits per heavy atom. The molecular weight excluding hydrogens is 214 g/mol. The molecule has 0 saturated carbocycles. The molecule has 0 aromatic rings. The first-order valence-electron chi connectivity index (χ1n) is 6.84. The molecule has 17 heavy (non-hydrogen) atoms. The molecule has 1 fully saturated rings. The number of nitrogens with zero attached hydrogens (tertiary/aromatic N) is 1. The van der Waals surface area contributed by atoms with Crippen molar-refractivity contribution in [2.24, 2.45) is 11.3 Å². The van der Waals surface area contributed by atoms with E-state index < -0.39 is 0 Å². The molecule has 0 radical (unpaired) electrons. The molecular formula is C14H27NO2. The van der Waals surface area contributed by atoms with Gasteiger partial charge in [-0.2, -0.15) is 0 Å². The van der Waals surface area contributed by atoms with Crippen LogP contribution in [0.2, 0.25) is 0 Å². The highest BCUT2D eigenvalue weighted by Crippen LogP contribution is 2.34. The molecule has 3 nitrogen and oxygen atoms in total. The molecule has 1 amide bonds. The minimum absolute atomic E-state index is 0.194. The molecule has 3 heteroatoms. The highest BCUT2D eigenvalue weighted by Gasteiger charge is 2.29. The van der Waals surface area contributed by atoms with Crippen LogP contribution in [0.1, 0.15) is 52.9 Å². The fraction of sp³-hybridized carbons (Fsp3) is 0.929. The Morgan fingerprint density at radius 1 is 1.24 bits per heavy atom. The van der Waals surface area contributed by atoms with Gasteiger partial charge in [0.1, 0.15) is 0 Å². The van der Waals surface area contributed by atoms with E-state index in [9.17, 15) is 4.79 Å². The number of aliphatic hydroxyl groups excluding tert-OH is 1. The van der Waals surface area contributed by atoms with Crippen molar-refractivity contribution in [2.45, 2.75) is 52.9 Å². The molecule has 0 aliphatic carbocycles. The lowest BCUT2D eigenvalue weighted by Crippen LogP contribution is -2.41. The van der Waals surface area contributed by atoms with Crippen molar-refractivity contribution in [3.05, 3.63) is 0 Å². The second kappa shape index (κ2) is 6.39. The van der Waals surface area contributed by atoms with E-state index >= 15 is 0 Å². The van der Waals surface area contributed by atoms with Gasteiger partial charge in [0.25, 0.3) is 0 Å². The topological polar surface area (TPSA) is 40.5 Å². The number of carbonyl (C=O) groups is 1. The Labute approximate surface area is 105 Å². The number of hydrogen-bond donors (Lipinski definition) is 1. The quantitative estimate of drug-likeness (QED) is 0.768. The van der Waals surface area contributed by atoms with Crippen molar-refractivity contribution in [2.75, 3.05) is 19.7 Å². The van der Waals surface area contributed by atoms with Crippen LogP contribution in [-0.4, -0.2) is 35.6 Å². The molecule has 0 atom stereocenters. The molecule has 1 aliphatic heterocycles. The molecule has 100 valence electrons. The van der Waals surface area contributed by atoms with Crippen molar-refractivity contribution < 1.29 is 9.90 Å². The molecule has 1 heterocycles. The Bertz CT molecular complexity index is 237. The third kappa shape index (κ3) is 4.66. The van der Waals surface area contributed by atoms with E-state index in [-0.39, 0.29) is 12.5 Å². The van der Waals surface area contributed by atoms with Crippen molar-refractivity contribution in [1.82, 2.24) is 4.90 Å². The van der Waals surface area contributed by atoms with Gasteiger partial charge < -0.3 is 10.0 Å². The predicted molar refractivity (Wildman–Crippen MR) is 69.7 cm³/mol. The fourth-order valence-electron chi connectivity index (χ4n) is 2.54. The number of hydrogen-bond acceptors (Lipinski definition) is 2. The van der Waals surface area contributed by atoms with Crippen LogP contribution < -0.4 is 0 Å². The van der Waals surface area contributed by atoms with Gasteiger partial charge in [0, 0.05) is 26.1 Å². The van der Waals surface area contributed by atoms with Gasteiger partial charge in [-0.05, 0) is 37.0 Å². The minimum Gasteiger partial charge on any atom is -0.396 e. The monoisotopic (exact) mass is 241 g/mol. The molecule has 0 aromatic heterocycles. The number of carbonyl (C=O) groups excluding carboxylic acids is 1. The maximum atomic E-state index is 11.9. The van der Waals surface area contributed by atoms with Gasteiger partial charge in [-0.25, -0.2) is 0 Å².